The number of piperidine rings is 1. The van der Waals surface area contributed by atoms with Gasteiger partial charge in [-0.3, -0.25) is 24.5 Å². The van der Waals surface area contributed by atoms with E-state index < -0.39 is 0 Å². The minimum absolute atomic E-state index is 0.0440. The molecule has 2 aromatic carbocycles. The molecule has 12 nitrogen and oxygen atoms in total. The highest BCUT2D eigenvalue weighted by molar-refractivity contribution is 6.01. The van der Waals surface area contributed by atoms with Crippen LogP contribution in [0.3, 0.4) is 0 Å². The van der Waals surface area contributed by atoms with E-state index in [1.807, 2.05) is 42.5 Å². The summed E-state index contributed by atoms with van der Waals surface area (Å²) < 4.78 is 7.94. The topological polar surface area (TPSA) is 148 Å². The highest BCUT2D eigenvalue weighted by Gasteiger charge is 2.28. The molecule has 1 aliphatic heterocycles. The summed E-state index contributed by atoms with van der Waals surface area (Å²) in [5.41, 5.74) is 3.62. The van der Waals surface area contributed by atoms with Gasteiger partial charge in [0.2, 0.25) is 17.8 Å². The van der Waals surface area contributed by atoms with E-state index in [0.29, 0.717) is 43.2 Å². The Kier molecular flexibility index (Phi) is 11.0. The van der Waals surface area contributed by atoms with Crippen LogP contribution in [0.1, 0.15) is 103 Å². The van der Waals surface area contributed by atoms with E-state index >= 15 is 0 Å². The van der Waals surface area contributed by atoms with Gasteiger partial charge in [-0.25, -0.2) is 4.98 Å². The average molecular weight is 680 g/mol. The van der Waals surface area contributed by atoms with Gasteiger partial charge < -0.3 is 24.8 Å². The van der Waals surface area contributed by atoms with Crippen molar-refractivity contribution in [2.24, 2.45) is 0 Å². The SMILES string of the molecule is CN(C)C(=O)c1cc2cnc(Nc3ccc(C(=O)NCCCCCCOc4ccc(C5CCC(=O)NC5=O)cc4)cc3)nc2n1C1CCCC1. The summed E-state index contributed by atoms with van der Waals surface area (Å²) >= 11 is 0. The summed E-state index contributed by atoms with van der Waals surface area (Å²) in [6, 6.07) is 16.9. The quantitative estimate of drug-likeness (QED) is 0.111. The number of aromatic nitrogens is 3. The summed E-state index contributed by atoms with van der Waals surface area (Å²) in [6.45, 7) is 1.18. The number of nitrogens with zero attached hydrogens (tertiary/aromatic N) is 4. The maximum Gasteiger partial charge on any atom is 0.270 e. The van der Waals surface area contributed by atoms with E-state index in [1.54, 1.807) is 37.3 Å². The molecule has 2 aromatic heterocycles. The second-order valence-electron chi connectivity index (χ2n) is 13.3. The molecular formula is C38H45N7O5. The maximum absolute atomic E-state index is 13.0. The number of fused-ring (bicyclic) bond motifs is 1. The van der Waals surface area contributed by atoms with E-state index in [9.17, 15) is 19.2 Å². The summed E-state index contributed by atoms with van der Waals surface area (Å²) in [7, 11) is 3.52. The summed E-state index contributed by atoms with van der Waals surface area (Å²) in [4.78, 5) is 60.1. The molecule has 6 rings (SSSR count). The molecule has 2 fully saturated rings. The molecule has 12 heteroatoms. The molecule has 50 heavy (non-hydrogen) atoms. The van der Waals surface area contributed by atoms with Crippen LogP contribution in [0.15, 0.2) is 60.8 Å². The Morgan fingerprint density at radius 2 is 1.70 bits per heavy atom. The van der Waals surface area contributed by atoms with Gasteiger partial charge >= 0.3 is 0 Å². The number of hydrogen-bond acceptors (Lipinski definition) is 8. The van der Waals surface area contributed by atoms with Gasteiger partial charge in [-0.05, 0) is 80.1 Å². The number of carbonyl (C=O) groups is 4. The first-order chi connectivity index (χ1) is 24.3. The smallest absolute Gasteiger partial charge is 0.270 e. The normalized spacial score (nSPS) is 16.3. The van der Waals surface area contributed by atoms with Crippen molar-refractivity contribution >= 4 is 46.3 Å². The third-order valence-electron chi connectivity index (χ3n) is 9.44. The predicted octanol–water partition coefficient (Wildman–Crippen LogP) is 5.88. The summed E-state index contributed by atoms with van der Waals surface area (Å²) in [5, 5.41) is 9.48. The molecule has 1 atom stereocenters. The van der Waals surface area contributed by atoms with Gasteiger partial charge in [0.15, 0.2) is 0 Å². The third kappa shape index (κ3) is 8.30. The number of unbranched alkanes of at least 4 members (excludes halogenated alkanes) is 3. The Bertz CT molecular complexity index is 1830. The molecule has 262 valence electrons. The molecule has 1 saturated heterocycles. The lowest BCUT2D eigenvalue weighted by molar-refractivity contribution is -0.134. The average Bonchev–Trinajstić information content (AvgIpc) is 3.78. The number of amides is 4. The Labute approximate surface area is 292 Å². The van der Waals surface area contributed by atoms with Crippen LogP contribution in [0.25, 0.3) is 11.0 Å². The predicted molar refractivity (Wildman–Crippen MR) is 191 cm³/mol. The molecule has 3 heterocycles. The molecule has 0 spiro atoms. The molecule has 3 N–H and O–H groups in total. The minimum Gasteiger partial charge on any atom is -0.494 e. The Hall–Kier alpha value is -5.26. The Morgan fingerprint density at radius 3 is 2.42 bits per heavy atom. The van der Waals surface area contributed by atoms with Gasteiger partial charge in [0.1, 0.15) is 17.1 Å². The lowest BCUT2D eigenvalue weighted by atomic mass is 9.90. The van der Waals surface area contributed by atoms with Gasteiger partial charge in [-0.15, -0.1) is 0 Å². The van der Waals surface area contributed by atoms with E-state index in [2.05, 4.69) is 25.5 Å². The first kappa shape index (κ1) is 34.6. The number of nitrogens with one attached hydrogen (secondary N) is 3. The number of ether oxygens (including phenoxy) is 1. The molecule has 1 unspecified atom stereocenters. The molecule has 2 aliphatic rings. The van der Waals surface area contributed by atoms with Crippen molar-refractivity contribution < 1.29 is 23.9 Å². The number of hydrogen-bond donors (Lipinski definition) is 3. The second kappa shape index (κ2) is 16.0. The minimum atomic E-state index is -0.294. The van der Waals surface area contributed by atoms with Crippen LogP contribution in [0.4, 0.5) is 11.6 Å². The largest absolute Gasteiger partial charge is 0.494 e. The van der Waals surface area contributed by atoms with Gasteiger partial charge in [0.25, 0.3) is 11.8 Å². The van der Waals surface area contributed by atoms with Crippen molar-refractivity contribution in [3.63, 3.8) is 0 Å². The van der Waals surface area contributed by atoms with E-state index in [0.717, 1.165) is 79.4 Å². The third-order valence-corrected chi connectivity index (χ3v) is 9.44. The van der Waals surface area contributed by atoms with E-state index in [4.69, 9.17) is 9.72 Å². The fourth-order valence-corrected chi connectivity index (χ4v) is 6.71. The number of imide groups is 1. The van der Waals surface area contributed by atoms with Crippen molar-refractivity contribution in [1.82, 2.24) is 30.1 Å². The molecule has 4 aromatic rings. The van der Waals surface area contributed by atoms with Crippen molar-refractivity contribution in [3.8, 4) is 5.75 Å². The first-order valence-electron chi connectivity index (χ1n) is 17.6. The monoisotopic (exact) mass is 679 g/mol. The maximum atomic E-state index is 13.0. The standard InChI is InChI=1S/C38H45N7O5/c1-44(2)37(49)32-23-27-24-40-38(43-34(27)45(32)29-9-5-6-10-29)41-28-15-11-26(12-16-28)35(47)39-21-7-3-4-8-22-50-30-17-13-25(14-18-30)31-19-20-33(46)42-36(31)48/h11-18,23-24,29,31H,3-10,19-22H2,1-2H3,(H,39,47)(H,40,41,43)(H,42,46,48). The van der Waals surface area contributed by atoms with E-state index in [-0.39, 0.29) is 35.6 Å². The van der Waals surface area contributed by atoms with Gasteiger partial charge in [0.05, 0.1) is 12.5 Å². The zero-order valence-electron chi connectivity index (χ0n) is 28.7. The molecule has 1 saturated carbocycles. The van der Waals surface area contributed by atoms with E-state index in [1.165, 1.54) is 0 Å². The lowest BCUT2D eigenvalue weighted by Gasteiger charge is -2.21. The number of rotatable bonds is 14. The highest BCUT2D eigenvalue weighted by Crippen LogP contribution is 2.35. The van der Waals surface area contributed by atoms with Gasteiger partial charge in [-0.2, -0.15) is 4.98 Å². The van der Waals surface area contributed by atoms with Crippen molar-refractivity contribution in [2.75, 3.05) is 32.6 Å². The van der Waals surface area contributed by atoms with Crippen molar-refractivity contribution in [3.05, 3.63) is 77.6 Å². The van der Waals surface area contributed by atoms with Crippen LogP contribution in [-0.2, 0) is 9.59 Å². The number of benzene rings is 2. The first-order valence-corrected chi connectivity index (χ1v) is 17.6. The van der Waals surface area contributed by atoms with Crippen LogP contribution in [0.5, 0.6) is 5.75 Å². The van der Waals surface area contributed by atoms with Crippen LogP contribution in [-0.4, -0.2) is 70.3 Å². The van der Waals surface area contributed by atoms with Crippen LogP contribution in [0.2, 0.25) is 0 Å². The molecular weight excluding hydrogens is 634 g/mol. The van der Waals surface area contributed by atoms with Crippen molar-refractivity contribution in [2.45, 2.75) is 76.2 Å². The molecule has 0 radical (unpaired) electrons. The number of carbonyl (C=O) groups excluding carboxylic acids is 4. The van der Waals surface area contributed by atoms with Crippen LogP contribution < -0.4 is 20.7 Å². The summed E-state index contributed by atoms with van der Waals surface area (Å²) in [5.74, 6) is 0.281. The van der Waals surface area contributed by atoms with Gasteiger partial charge in [-0.1, -0.05) is 37.8 Å². The highest BCUT2D eigenvalue weighted by atomic mass is 16.5. The molecule has 4 amide bonds. The summed E-state index contributed by atoms with van der Waals surface area (Å²) in [6.07, 6.45) is 10.7. The van der Waals surface area contributed by atoms with Crippen molar-refractivity contribution in [1.29, 1.82) is 0 Å². The molecule has 0 bridgehead atoms. The van der Waals surface area contributed by atoms with Crippen LogP contribution >= 0.6 is 0 Å². The zero-order chi connectivity index (χ0) is 35.0. The second-order valence-corrected chi connectivity index (χ2v) is 13.3. The zero-order valence-corrected chi connectivity index (χ0v) is 28.7. The fourth-order valence-electron chi connectivity index (χ4n) is 6.71. The number of anilines is 2. The molecule has 1 aliphatic carbocycles. The Balaban J connectivity index is 0.915. The lowest BCUT2D eigenvalue weighted by Crippen LogP contribution is -2.39. The van der Waals surface area contributed by atoms with Crippen LogP contribution in [0, 0.1) is 0 Å². The van der Waals surface area contributed by atoms with Gasteiger partial charge in [0, 0.05) is 55.9 Å². The fraction of sp³-hybridized carbons (Fsp3) is 0.421. The Morgan fingerprint density at radius 1 is 0.960 bits per heavy atom.